The van der Waals surface area contributed by atoms with Gasteiger partial charge in [-0.2, -0.15) is 10.2 Å². The van der Waals surface area contributed by atoms with Crippen LogP contribution < -0.4 is 14.8 Å². The van der Waals surface area contributed by atoms with Crippen molar-refractivity contribution in [3.63, 3.8) is 0 Å². The first-order chi connectivity index (χ1) is 14.2. The molecule has 1 N–H and O–H groups in total. The van der Waals surface area contributed by atoms with Crippen LogP contribution in [0.5, 0.6) is 17.4 Å². The molecule has 0 atom stereocenters. The average molecular weight is 406 g/mol. The Morgan fingerprint density at radius 3 is 2.69 bits per heavy atom. The van der Waals surface area contributed by atoms with E-state index in [2.05, 4.69) is 26.3 Å². The molecular formula is C21H16ClN5O2. The molecule has 0 saturated carbocycles. The summed E-state index contributed by atoms with van der Waals surface area (Å²) in [6.07, 6.45) is 0. The maximum Gasteiger partial charge on any atom is 0.224 e. The number of rotatable bonds is 6. The predicted octanol–water partition coefficient (Wildman–Crippen LogP) is 3.72. The highest BCUT2D eigenvalue weighted by Crippen LogP contribution is 2.33. The van der Waals surface area contributed by atoms with Gasteiger partial charge in [-0.05, 0) is 17.7 Å². The van der Waals surface area contributed by atoms with Crippen molar-refractivity contribution < 1.29 is 9.47 Å². The molecule has 1 aliphatic rings. The molecule has 0 radical (unpaired) electrons. The summed E-state index contributed by atoms with van der Waals surface area (Å²) in [6.45, 7) is 1.74. The molecule has 8 heteroatoms. The van der Waals surface area contributed by atoms with E-state index in [1.54, 1.807) is 18.2 Å². The lowest BCUT2D eigenvalue weighted by molar-refractivity contribution is 0.290. The number of aliphatic imine (C=N–C) groups is 1. The number of halogens is 1. The molecule has 1 aromatic heterocycles. The van der Waals surface area contributed by atoms with Crippen molar-refractivity contribution in [1.82, 2.24) is 15.3 Å². The van der Waals surface area contributed by atoms with Crippen molar-refractivity contribution in [2.75, 3.05) is 13.1 Å². The lowest BCUT2D eigenvalue weighted by Gasteiger charge is -2.13. The van der Waals surface area contributed by atoms with Gasteiger partial charge < -0.3 is 14.8 Å². The molecule has 7 nitrogen and oxygen atoms in total. The molecule has 0 unspecified atom stereocenters. The van der Waals surface area contributed by atoms with Crippen LogP contribution in [0.25, 0.3) is 0 Å². The Hall–Kier alpha value is -3.63. The lowest BCUT2D eigenvalue weighted by Crippen LogP contribution is -2.22. The topological polar surface area (TPSA) is 92.4 Å². The highest BCUT2D eigenvalue weighted by atomic mass is 35.5. The zero-order valence-corrected chi connectivity index (χ0v) is 16.1. The van der Waals surface area contributed by atoms with Gasteiger partial charge in [0.1, 0.15) is 11.8 Å². The van der Waals surface area contributed by atoms with E-state index in [1.165, 1.54) is 6.07 Å². The first-order valence-electron chi connectivity index (χ1n) is 8.93. The molecule has 0 amide bonds. The fourth-order valence-electron chi connectivity index (χ4n) is 2.73. The third-order valence-electron chi connectivity index (χ3n) is 4.08. The maximum atomic E-state index is 9.24. The van der Waals surface area contributed by atoms with Gasteiger partial charge in [0, 0.05) is 18.7 Å². The van der Waals surface area contributed by atoms with Crippen LogP contribution in [0.3, 0.4) is 0 Å². The quantitative estimate of drug-likeness (QED) is 0.628. The minimum absolute atomic E-state index is 0.226. The summed E-state index contributed by atoms with van der Waals surface area (Å²) in [5.41, 5.74) is 1.45. The molecule has 4 rings (SSSR count). The van der Waals surface area contributed by atoms with Gasteiger partial charge in [0.05, 0.1) is 18.2 Å². The normalized spacial score (nSPS) is 12.6. The van der Waals surface area contributed by atoms with Crippen LogP contribution in [-0.2, 0) is 6.61 Å². The van der Waals surface area contributed by atoms with Crippen molar-refractivity contribution in [3.8, 4) is 23.4 Å². The van der Waals surface area contributed by atoms with E-state index in [9.17, 15) is 5.26 Å². The fraction of sp³-hybridized carbons (Fsp3) is 0.143. The van der Waals surface area contributed by atoms with Gasteiger partial charge in [-0.1, -0.05) is 41.9 Å². The summed E-state index contributed by atoms with van der Waals surface area (Å²) in [5.74, 6) is 2.01. The Morgan fingerprint density at radius 1 is 1.07 bits per heavy atom. The monoisotopic (exact) mass is 405 g/mol. The number of aromatic nitrogens is 2. The van der Waals surface area contributed by atoms with Crippen LogP contribution in [0.2, 0.25) is 5.15 Å². The minimum Gasteiger partial charge on any atom is -0.485 e. The molecule has 0 aliphatic carbocycles. The number of nitrogens with one attached hydrogen (secondary N) is 1. The van der Waals surface area contributed by atoms with E-state index in [0.717, 1.165) is 12.1 Å². The molecule has 144 valence electrons. The summed E-state index contributed by atoms with van der Waals surface area (Å²) in [6, 6.07) is 18.3. The van der Waals surface area contributed by atoms with Gasteiger partial charge in [-0.15, -0.1) is 0 Å². The van der Waals surface area contributed by atoms with Gasteiger partial charge in [0.25, 0.3) is 0 Å². The largest absolute Gasteiger partial charge is 0.485 e. The highest BCUT2D eigenvalue weighted by molar-refractivity contribution is 6.29. The molecule has 2 heterocycles. The zero-order valence-electron chi connectivity index (χ0n) is 15.3. The van der Waals surface area contributed by atoms with Crippen LogP contribution in [0, 0.1) is 11.3 Å². The maximum absolute atomic E-state index is 9.24. The third kappa shape index (κ3) is 4.62. The summed E-state index contributed by atoms with van der Waals surface area (Å²) in [4.78, 5) is 12.9. The molecule has 0 fully saturated rings. The Kier molecular flexibility index (Phi) is 5.54. The molecule has 3 aromatic rings. The summed E-state index contributed by atoms with van der Waals surface area (Å²) >= 11 is 6.14. The Balaban J connectivity index is 1.61. The highest BCUT2D eigenvalue weighted by Gasteiger charge is 2.16. The van der Waals surface area contributed by atoms with Gasteiger partial charge in [-0.3, -0.25) is 4.99 Å². The number of ether oxygens (including phenoxy) is 2. The van der Waals surface area contributed by atoms with Crippen molar-refractivity contribution in [2.45, 2.75) is 6.61 Å². The van der Waals surface area contributed by atoms with Crippen LogP contribution in [0.1, 0.15) is 17.0 Å². The summed E-state index contributed by atoms with van der Waals surface area (Å²) in [7, 11) is 0. The minimum atomic E-state index is 0.226. The number of nitrogens with zero attached hydrogens (tertiary/aromatic N) is 4. The molecule has 0 bridgehead atoms. The van der Waals surface area contributed by atoms with E-state index < -0.39 is 0 Å². The predicted molar refractivity (Wildman–Crippen MR) is 108 cm³/mol. The third-order valence-corrected chi connectivity index (χ3v) is 4.28. The van der Waals surface area contributed by atoms with Gasteiger partial charge in [0.2, 0.25) is 5.88 Å². The fourth-order valence-corrected chi connectivity index (χ4v) is 2.90. The molecule has 29 heavy (non-hydrogen) atoms. The summed E-state index contributed by atoms with van der Waals surface area (Å²) in [5, 5.41) is 12.6. The van der Waals surface area contributed by atoms with E-state index in [0.29, 0.717) is 41.9 Å². The molecule has 0 spiro atoms. The van der Waals surface area contributed by atoms with Crippen molar-refractivity contribution >= 4 is 17.4 Å². The smallest absolute Gasteiger partial charge is 0.224 e. The van der Waals surface area contributed by atoms with Crippen molar-refractivity contribution in [3.05, 3.63) is 76.7 Å². The second-order valence-electron chi connectivity index (χ2n) is 6.16. The number of hydrogen-bond donors (Lipinski definition) is 1. The van der Waals surface area contributed by atoms with Gasteiger partial charge in [0.15, 0.2) is 23.2 Å². The molecule has 0 saturated heterocycles. The average Bonchev–Trinajstić information content (AvgIpc) is 3.28. The van der Waals surface area contributed by atoms with Crippen LogP contribution in [0.15, 0.2) is 59.6 Å². The first-order valence-corrected chi connectivity index (χ1v) is 9.31. The molecular weight excluding hydrogens is 390 g/mol. The molecule has 2 aromatic carbocycles. The van der Waals surface area contributed by atoms with Crippen molar-refractivity contribution in [2.24, 2.45) is 4.99 Å². The Labute approximate surface area is 172 Å². The van der Waals surface area contributed by atoms with E-state index in [1.807, 2.05) is 30.3 Å². The summed E-state index contributed by atoms with van der Waals surface area (Å²) < 4.78 is 11.8. The van der Waals surface area contributed by atoms with Crippen LogP contribution >= 0.6 is 11.6 Å². The first kappa shape index (κ1) is 18.7. The van der Waals surface area contributed by atoms with E-state index in [4.69, 9.17) is 21.1 Å². The molecule has 1 aliphatic heterocycles. The van der Waals surface area contributed by atoms with Crippen LogP contribution in [-0.4, -0.2) is 28.9 Å². The van der Waals surface area contributed by atoms with Gasteiger partial charge in [-0.25, -0.2) is 4.98 Å². The lowest BCUT2D eigenvalue weighted by atomic mass is 10.2. The Bertz CT molecular complexity index is 1100. The van der Waals surface area contributed by atoms with Crippen LogP contribution in [0.4, 0.5) is 0 Å². The van der Waals surface area contributed by atoms with Gasteiger partial charge >= 0.3 is 0 Å². The number of amidine groups is 1. The number of hydrogen-bond acceptors (Lipinski definition) is 7. The SMILES string of the molecule is N#Cc1ccc(OCc2ccccc2)c(Oc2cc(Cl)nc(C3=NCCN3)n2)c1. The van der Waals surface area contributed by atoms with Crippen molar-refractivity contribution in [1.29, 1.82) is 5.26 Å². The number of benzene rings is 2. The zero-order chi connectivity index (χ0) is 20.1. The second-order valence-corrected chi connectivity index (χ2v) is 6.55. The van der Waals surface area contributed by atoms with E-state index in [-0.39, 0.29) is 11.0 Å². The standard InChI is InChI=1S/C21H16ClN5O2/c22-18-11-19(27-21(26-18)20-24-8-9-25-20)29-17-10-15(12-23)6-7-16(17)28-13-14-4-2-1-3-5-14/h1-7,10-11H,8-9,13H2,(H,24,25). The van der Waals surface area contributed by atoms with E-state index >= 15 is 0 Å². The second kappa shape index (κ2) is 8.59. The Morgan fingerprint density at radius 2 is 1.93 bits per heavy atom. The number of nitriles is 1.